The summed E-state index contributed by atoms with van der Waals surface area (Å²) in [7, 11) is 1.23. The molecule has 1 unspecified atom stereocenters. The van der Waals surface area contributed by atoms with E-state index in [1.165, 1.54) is 19.2 Å². The van der Waals surface area contributed by atoms with E-state index < -0.39 is 17.8 Å². The molecule has 0 radical (unpaired) electrons. The van der Waals surface area contributed by atoms with Crippen LogP contribution in [0.15, 0.2) is 12.1 Å². The van der Waals surface area contributed by atoms with Crippen LogP contribution in [-0.4, -0.2) is 7.11 Å². The fourth-order valence-corrected chi connectivity index (χ4v) is 1.17. The van der Waals surface area contributed by atoms with Crippen LogP contribution in [-0.2, 0) is 0 Å². The van der Waals surface area contributed by atoms with E-state index in [0.29, 0.717) is 0 Å². The molecular formula is C10H11F3O. The van der Waals surface area contributed by atoms with Crippen LogP contribution in [0.5, 0.6) is 5.75 Å². The van der Waals surface area contributed by atoms with Gasteiger partial charge in [0, 0.05) is 5.56 Å². The minimum absolute atomic E-state index is 0.114. The van der Waals surface area contributed by atoms with Crippen LogP contribution in [0.25, 0.3) is 0 Å². The predicted molar refractivity (Wildman–Crippen MR) is 47.1 cm³/mol. The lowest BCUT2D eigenvalue weighted by atomic mass is 10.1. The molecule has 1 rings (SSSR count). The highest BCUT2D eigenvalue weighted by atomic mass is 19.2. The molecule has 0 fully saturated rings. The lowest BCUT2D eigenvalue weighted by molar-refractivity contribution is 0.313. The maximum absolute atomic E-state index is 13.2. The SMILES string of the molecule is CCC(F)c1ccc(OC)c(F)c1F. The summed E-state index contributed by atoms with van der Waals surface area (Å²) in [5, 5.41) is 0. The van der Waals surface area contributed by atoms with Gasteiger partial charge in [-0.3, -0.25) is 0 Å². The third kappa shape index (κ3) is 1.84. The van der Waals surface area contributed by atoms with Crippen LogP contribution in [0, 0.1) is 11.6 Å². The Labute approximate surface area is 80.5 Å². The van der Waals surface area contributed by atoms with Crippen molar-refractivity contribution in [2.45, 2.75) is 19.5 Å². The highest BCUT2D eigenvalue weighted by Gasteiger charge is 2.19. The molecule has 0 saturated carbocycles. The Morgan fingerprint density at radius 3 is 2.43 bits per heavy atom. The second-order valence-electron chi connectivity index (χ2n) is 2.86. The van der Waals surface area contributed by atoms with Crippen molar-refractivity contribution in [3.63, 3.8) is 0 Å². The second kappa shape index (κ2) is 4.35. The van der Waals surface area contributed by atoms with E-state index in [1.54, 1.807) is 6.92 Å². The molecule has 0 heterocycles. The van der Waals surface area contributed by atoms with Gasteiger partial charge in [0.15, 0.2) is 11.6 Å². The highest BCUT2D eigenvalue weighted by Crippen LogP contribution is 2.29. The number of rotatable bonds is 3. The first-order valence-corrected chi connectivity index (χ1v) is 4.27. The lowest BCUT2D eigenvalue weighted by Gasteiger charge is -2.09. The molecule has 78 valence electrons. The van der Waals surface area contributed by atoms with Crippen molar-refractivity contribution in [3.05, 3.63) is 29.3 Å². The van der Waals surface area contributed by atoms with Crippen molar-refractivity contribution < 1.29 is 17.9 Å². The smallest absolute Gasteiger partial charge is 0.200 e. The zero-order valence-electron chi connectivity index (χ0n) is 7.98. The van der Waals surface area contributed by atoms with Gasteiger partial charge < -0.3 is 4.74 Å². The number of hydrogen-bond acceptors (Lipinski definition) is 1. The van der Waals surface area contributed by atoms with Crippen LogP contribution in [0.4, 0.5) is 13.2 Å². The molecule has 0 aliphatic rings. The van der Waals surface area contributed by atoms with Crippen molar-refractivity contribution in [1.29, 1.82) is 0 Å². The van der Waals surface area contributed by atoms with Crippen LogP contribution in [0.1, 0.15) is 25.1 Å². The molecule has 14 heavy (non-hydrogen) atoms. The van der Waals surface area contributed by atoms with E-state index >= 15 is 0 Å². The first kappa shape index (κ1) is 10.9. The van der Waals surface area contributed by atoms with Gasteiger partial charge >= 0.3 is 0 Å². The molecule has 1 aromatic rings. The molecule has 4 heteroatoms. The van der Waals surface area contributed by atoms with Crippen molar-refractivity contribution in [1.82, 2.24) is 0 Å². The van der Waals surface area contributed by atoms with Gasteiger partial charge in [-0.25, -0.2) is 8.78 Å². The van der Waals surface area contributed by atoms with Gasteiger partial charge in [0.2, 0.25) is 5.82 Å². The largest absolute Gasteiger partial charge is 0.494 e. The average molecular weight is 204 g/mol. The predicted octanol–water partition coefficient (Wildman–Crippen LogP) is 3.39. The normalized spacial score (nSPS) is 12.6. The van der Waals surface area contributed by atoms with Gasteiger partial charge in [-0.2, -0.15) is 4.39 Å². The Hall–Kier alpha value is -1.19. The highest BCUT2D eigenvalue weighted by molar-refractivity contribution is 5.32. The first-order valence-electron chi connectivity index (χ1n) is 4.27. The van der Waals surface area contributed by atoms with E-state index in [0.717, 1.165) is 0 Å². The number of ether oxygens (including phenoxy) is 1. The minimum Gasteiger partial charge on any atom is -0.494 e. The van der Waals surface area contributed by atoms with Crippen molar-refractivity contribution in [3.8, 4) is 5.75 Å². The van der Waals surface area contributed by atoms with Gasteiger partial charge in [0.05, 0.1) is 7.11 Å². The average Bonchev–Trinajstić information content (AvgIpc) is 2.21. The topological polar surface area (TPSA) is 9.23 Å². The minimum atomic E-state index is -1.48. The zero-order chi connectivity index (χ0) is 10.7. The van der Waals surface area contributed by atoms with Crippen LogP contribution in [0.2, 0.25) is 0 Å². The monoisotopic (exact) mass is 204 g/mol. The van der Waals surface area contributed by atoms with Crippen molar-refractivity contribution >= 4 is 0 Å². The van der Waals surface area contributed by atoms with Gasteiger partial charge in [0.1, 0.15) is 6.17 Å². The van der Waals surface area contributed by atoms with E-state index in [1.807, 2.05) is 0 Å². The summed E-state index contributed by atoms with van der Waals surface area (Å²) in [5.74, 6) is -2.52. The molecule has 0 N–H and O–H groups in total. The zero-order valence-corrected chi connectivity index (χ0v) is 7.98. The number of methoxy groups -OCH3 is 1. The Morgan fingerprint density at radius 2 is 1.93 bits per heavy atom. The fourth-order valence-electron chi connectivity index (χ4n) is 1.17. The van der Waals surface area contributed by atoms with E-state index in [9.17, 15) is 13.2 Å². The summed E-state index contributed by atoms with van der Waals surface area (Å²) in [6.45, 7) is 1.56. The number of halogens is 3. The molecule has 1 nitrogen and oxygen atoms in total. The van der Waals surface area contributed by atoms with Gasteiger partial charge in [-0.15, -0.1) is 0 Å². The van der Waals surface area contributed by atoms with Gasteiger partial charge in [0.25, 0.3) is 0 Å². The molecule has 0 spiro atoms. The standard InChI is InChI=1S/C10H11F3O/c1-3-7(11)6-4-5-8(14-2)10(13)9(6)12/h4-5,7H,3H2,1-2H3. The summed E-state index contributed by atoms with van der Waals surface area (Å²) in [4.78, 5) is 0. The van der Waals surface area contributed by atoms with Gasteiger partial charge in [-0.05, 0) is 18.6 Å². The summed E-state index contributed by atoms with van der Waals surface area (Å²) < 4.78 is 43.9. The van der Waals surface area contributed by atoms with Crippen LogP contribution in [0.3, 0.4) is 0 Å². The van der Waals surface area contributed by atoms with E-state index in [2.05, 4.69) is 4.74 Å². The molecule has 1 aromatic carbocycles. The van der Waals surface area contributed by atoms with Crippen LogP contribution < -0.4 is 4.74 Å². The molecule has 0 aliphatic carbocycles. The Balaban J connectivity index is 3.17. The Kier molecular flexibility index (Phi) is 3.38. The summed E-state index contributed by atoms with van der Waals surface area (Å²) in [5.41, 5.74) is -0.259. The van der Waals surface area contributed by atoms with Gasteiger partial charge in [-0.1, -0.05) is 6.92 Å². The third-order valence-electron chi connectivity index (χ3n) is 1.99. The molecule has 0 saturated heterocycles. The van der Waals surface area contributed by atoms with Crippen molar-refractivity contribution in [2.75, 3.05) is 7.11 Å². The lowest BCUT2D eigenvalue weighted by Crippen LogP contribution is -2.00. The molecule has 0 aromatic heterocycles. The summed E-state index contributed by atoms with van der Waals surface area (Å²) >= 11 is 0. The third-order valence-corrected chi connectivity index (χ3v) is 1.99. The maximum atomic E-state index is 13.2. The second-order valence-corrected chi connectivity index (χ2v) is 2.86. The van der Waals surface area contributed by atoms with Crippen LogP contribution >= 0.6 is 0 Å². The molecule has 0 bridgehead atoms. The number of alkyl halides is 1. The Bertz CT molecular complexity index is 325. The van der Waals surface area contributed by atoms with Crippen molar-refractivity contribution in [2.24, 2.45) is 0 Å². The van der Waals surface area contributed by atoms with E-state index in [-0.39, 0.29) is 17.7 Å². The number of hydrogen-bond donors (Lipinski definition) is 0. The quantitative estimate of drug-likeness (QED) is 0.733. The molecule has 1 atom stereocenters. The fraction of sp³-hybridized carbons (Fsp3) is 0.400. The molecule has 0 aliphatic heterocycles. The summed E-state index contributed by atoms with van der Waals surface area (Å²) in [6, 6.07) is 2.42. The maximum Gasteiger partial charge on any atom is 0.200 e. The molecule has 0 amide bonds. The number of benzene rings is 1. The summed E-state index contributed by atoms with van der Waals surface area (Å²) in [6.07, 6.45) is -1.36. The first-order chi connectivity index (χ1) is 6.61. The Morgan fingerprint density at radius 1 is 1.29 bits per heavy atom. The molecular weight excluding hydrogens is 193 g/mol. The van der Waals surface area contributed by atoms with E-state index in [4.69, 9.17) is 0 Å².